The molecule has 0 saturated carbocycles. The number of rotatable bonds is 6. The molecule has 5 atom stereocenters. The quantitative estimate of drug-likeness (QED) is 0.225. The topological polar surface area (TPSA) is 255 Å². The van der Waals surface area contributed by atoms with Gasteiger partial charge in [0.25, 0.3) is 5.56 Å². The summed E-state index contributed by atoms with van der Waals surface area (Å²) in [7, 11) is -11.1. The number of nitrogens with one attached hydrogen (secondary N) is 1. The average Bonchev–Trinajstić information content (AvgIpc) is 2.71. The minimum atomic E-state index is -5.82. The third-order valence-corrected chi connectivity index (χ3v) is 5.17. The first kappa shape index (κ1) is 31.0. The fourth-order valence-corrected chi connectivity index (χ4v) is 3.58. The molecule has 0 aliphatic carbocycles. The van der Waals surface area contributed by atoms with Crippen LogP contribution >= 0.6 is 15.6 Å². The normalized spacial score (nSPS) is 26.3. The van der Waals surface area contributed by atoms with Crippen molar-refractivity contribution in [2.24, 2.45) is 0 Å². The first-order valence-corrected chi connectivity index (χ1v) is 9.39. The maximum absolute atomic E-state index is 11.7. The molecule has 0 bridgehead atoms. The van der Waals surface area contributed by atoms with E-state index in [4.69, 9.17) is 9.63 Å². The number of aliphatic hydroxyl groups excluding tert-OH is 2. The monoisotopic (exact) mass is 466 g/mol. The molecular weight excluding hydrogens is 452 g/mol. The van der Waals surface area contributed by atoms with Crippen molar-refractivity contribution in [3.8, 4) is 0 Å². The molecule has 6 N–H and O–H groups in total. The molecule has 1 aromatic rings. The molecule has 0 aromatic carbocycles. The van der Waals surface area contributed by atoms with E-state index in [9.17, 15) is 38.7 Å². The second-order valence-corrected chi connectivity index (χ2v) is 7.60. The predicted molar refractivity (Wildman–Crippen MR) is 75.3 cm³/mol. The van der Waals surface area contributed by atoms with Crippen LogP contribution in [-0.4, -0.2) is 55.1 Å². The summed E-state index contributed by atoms with van der Waals surface area (Å²) >= 11 is 0. The van der Waals surface area contributed by atoms with E-state index < -0.39 is 58.0 Å². The van der Waals surface area contributed by atoms with E-state index in [1.807, 2.05) is 4.98 Å². The minimum Gasteiger partial charge on any atom is -0.789 e. The fraction of sp³-hybridized carbons (Fsp3) is 0.556. The molecule has 0 spiro atoms. The van der Waals surface area contributed by atoms with Crippen LogP contribution < -0.4 is 80.2 Å². The molecule has 2 heterocycles. The first-order chi connectivity index (χ1) is 11.4. The number of phosphoric acid groups is 2. The van der Waals surface area contributed by atoms with Crippen LogP contribution in [0.15, 0.2) is 21.9 Å². The summed E-state index contributed by atoms with van der Waals surface area (Å²) in [5.41, 5.74) is -1.67. The van der Waals surface area contributed by atoms with Gasteiger partial charge >= 0.3 is 72.6 Å². The van der Waals surface area contributed by atoms with Crippen molar-refractivity contribution in [3.63, 3.8) is 0 Å². The zero-order valence-electron chi connectivity index (χ0n) is 14.5. The van der Waals surface area contributed by atoms with Crippen molar-refractivity contribution in [1.82, 2.24) is 9.55 Å². The maximum atomic E-state index is 11.7. The van der Waals surface area contributed by atoms with Gasteiger partial charge in [-0.1, -0.05) is 0 Å². The fourth-order valence-electron chi connectivity index (χ4n) is 2.04. The van der Waals surface area contributed by atoms with Gasteiger partial charge in [0.2, 0.25) is 0 Å². The van der Waals surface area contributed by atoms with Crippen LogP contribution in [-0.2, 0) is 22.7 Å². The van der Waals surface area contributed by atoms with Gasteiger partial charge < -0.3 is 39.7 Å². The van der Waals surface area contributed by atoms with Crippen LogP contribution in [0.4, 0.5) is 0 Å². The Hall–Kier alpha value is 0.780. The van der Waals surface area contributed by atoms with E-state index in [0.29, 0.717) is 0 Å². The molecule has 1 aliphatic heterocycles. The van der Waals surface area contributed by atoms with Crippen molar-refractivity contribution in [2.45, 2.75) is 24.5 Å². The molecule has 3 unspecified atom stereocenters. The predicted octanol–water partition coefficient (Wildman–Crippen LogP) is -10.7. The number of phosphoric ester groups is 1. The summed E-state index contributed by atoms with van der Waals surface area (Å²) in [4.78, 5) is 54.2. The van der Waals surface area contributed by atoms with E-state index in [1.165, 1.54) is 0 Å². The Labute approximate surface area is 200 Å². The van der Waals surface area contributed by atoms with E-state index in [-0.39, 0.29) is 64.6 Å². The summed E-state index contributed by atoms with van der Waals surface area (Å²) < 4.78 is 35.0. The second kappa shape index (κ2) is 12.0. The third-order valence-electron chi connectivity index (χ3n) is 3.07. The number of hydrogen-bond acceptors (Lipinski definition) is 11. The van der Waals surface area contributed by atoms with E-state index >= 15 is 0 Å². The van der Waals surface area contributed by atoms with Gasteiger partial charge in [-0.3, -0.25) is 23.2 Å². The molecule has 0 amide bonds. The van der Waals surface area contributed by atoms with Gasteiger partial charge in [-0.25, -0.2) is 9.36 Å². The molecule has 1 aliphatic rings. The average molecular weight is 466 g/mol. The van der Waals surface area contributed by atoms with Gasteiger partial charge in [-0.2, -0.15) is 0 Å². The van der Waals surface area contributed by atoms with Crippen molar-refractivity contribution in [1.29, 1.82) is 0 Å². The Bertz CT molecular complexity index is 840. The van der Waals surface area contributed by atoms with E-state index in [0.717, 1.165) is 16.8 Å². The standard InChI is InChI=1S/C9H14N2O12P2.2Na.H2O/c12-5-1-2-11(9(15)10-5)8-7(14)6(13)4(22-8)3-21-25(19,20)23-24(16,17)18;;;/h1-2,4,6-8,13-14H,3H2,(H,19,20)(H,10,12,15)(H2,16,17,18);;;1H2/q;2*+1;/p-2/t4-,6?,7?,8-;;;/m1.../s1. The Morgan fingerprint density at radius 1 is 1.21 bits per heavy atom. The van der Waals surface area contributed by atoms with Gasteiger partial charge in [0.1, 0.15) is 18.3 Å². The molecule has 28 heavy (non-hydrogen) atoms. The van der Waals surface area contributed by atoms with Crippen LogP contribution in [0.25, 0.3) is 0 Å². The zero-order chi connectivity index (χ0) is 19.0. The van der Waals surface area contributed by atoms with Crippen molar-refractivity contribution in [3.05, 3.63) is 33.1 Å². The smallest absolute Gasteiger partial charge is 0.789 e. The Kier molecular flexibility index (Phi) is 13.3. The molecular formula is C9H14N2Na2O13P2. The summed E-state index contributed by atoms with van der Waals surface area (Å²) in [5, 5.41) is 19.7. The molecule has 1 saturated heterocycles. The largest absolute Gasteiger partial charge is 1.00 e. The maximum Gasteiger partial charge on any atom is 1.00 e. The van der Waals surface area contributed by atoms with Gasteiger partial charge in [-0.05, 0) is 0 Å². The number of hydrogen-bond donors (Lipinski definition) is 4. The van der Waals surface area contributed by atoms with Crippen LogP contribution in [0.1, 0.15) is 6.23 Å². The van der Waals surface area contributed by atoms with E-state index in [2.05, 4.69) is 8.83 Å². The van der Waals surface area contributed by atoms with Crippen molar-refractivity contribution in [2.75, 3.05) is 6.61 Å². The number of nitrogens with zero attached hydrogens (tertiary/aromatic N) is 1. The van der Waals surface area contributed by atoms with Gasteiger partial charge in [-0.15, -0.1) is 0 Å². The number of aliphatic hydroxyl groups is 2. The molecule has 2 rings (SSSR count). The SMILES string of the molecule is O.O=c1ccn([C@@H]2O[C@H](COP(=O)(O)OP(=O)([O-])[O-])C(O)C2O)c(=O)[nH]1.[Na+].[Na+]. The van der Waals surface area contributed by atoms with Gasteiger partial charge in [0, 0.05) is 12.3 Å². The zero-order valence-corrected chi connectivity index (χ0v) is 20.3. The molecule has 19 heteroatoms. The Morgan fingerprint density at radius 3 is 2.29 bits per heavy atom. The number of H-pyrrole nitrogens is 1. The van der Waals surface area contributed by atoms with Crippen molar-refractivity contribution >= 4 is 15.6 Å². The molecule has 1 aromatic heterocycles. The number of aromatic amines is 1. The second-order valence-electron chi connectivity index (χ2n) is 4.86. The van der Waals surface area contributed by atoms with E-state index in [1.54, 1.807) is 0 Å². The molecule has 15 nitrogen and oxygen atoms in total. The first-order valence-electron chi connectivity index (χ1n) is 6.43. The van der Waals surface area contributed by atoms with Crippen LogP contribution in [0.3, 0.4) is 0 Å². The summed E-state index contributed by atoms with van der Waals surface area (Å²) in [5.74, 6) is 0. The summed E-state index contributed by atoms with van der Waals surface area (Å²) in [6, 6.07) is 0.948. The Morgan fingerprint density at radius 2 is 1.79 bits per heavy atom. The van der Waals surface area contributed by atoms with Crippen LogP contribution in [0.5, 0.6) is 0 Å². The van der Waals surface area contributed by atoms with Crippen LogP contribution in [0, 0.1) is 0 Å². The summed E-state index contributed by atoms with van der Waals surface area (Å²) in [6.07, 6.45) is -5.38. The number of aromatic nitrogens is 2. The summed E-state index contributed by atoms with van der Waals surface area (Å²) in [6.45, 7) is -0.958. The molecule has 150 valence electrons. The number of ether oxygens (including phenoxy) is 1. The molecule has 1 fully saturated rings. The Balaban J connectivity index is 0. The van der Waals surface area contributed by atoms with Crippen molar-refractivity contribution < 1.29 is 112 Å². The third kappa shape index (κ3) is 8.49. The van der Waals surface area contributed by atoms with Gasteiger partial charge in [0.05, 0.1) is 14.4 Å². The minimum absolute atomic E-state index is 0. The van der Waals surface area contributed by atoms with Gasteiger partial charge in [0.15, 0.2) is 6.23 Å². The van der Waals surface area contributed by atoms with Crippen LogP contribution in [0.2, 0.25) is 0 Å². The molecule has 0 radical (unpaired) electrons.